The molecule has 2 fully saturated rings. The zero-order valence-corrected chi connectivity index (χ0v) is 18.6. The molecule has 6 heteroatoms. The lowest BCUT2D eigenvalue weighted by atomic mass is 9.67. The lowest BCUT2D eigenvalue weighted by Crippen LogP contribution is -2.37. The molecule has 164 valence electrons. The standard InChI is InChI=1S/C25H30N2O3S/c28-24(11-18-5-2-1-3-6-18)27-10-7-19-12-20(23(31(29)30)14-21(19)16-27)13-22-15-25(17-26-22)8-4-9-25/h1-3,5-6,12,14,22,26H,4,7-11,13,15-17H2,(H,29,30)/p-1. The molecule has 1 aliphatic carbocycles. The minimum absolute atomic E-state index is 0.0895. The molecule has 2 atom stereocenters. The van der Waals surface area contributed by atoms with E-state index in [9.17, 15) is 13.6 Å². The van der Waals surface area contributed by atoms with Gasteiger partial charge in [-0.05, 0) is 76.9 Å². The van der Waals surface area contributed by atoms with Gasteiger partial charge in [-0.25, -0.2) is 0 Å². The van der Waals surface area contributed by atoms with Crippen molar-refractivity contribution in [3.63, 3.8) is 0 Å². The molecule has 0 radical (unpaired) electrons. The van der Waals surface area contributed by atoms with Gasteiger partial charge >= 0.3 is 0 Å². The summed E-state index contributed by atoms with van der Waals surface area (Å²) in [6, 6.07) is 14.0. The Morgan fingerprint density at radius 3 is 2.68 bits per heavy atom. The SMILES string of the molecule is O=C(Cc1ccccc1)N1CCc2cc(CC3CC4(CCC4)CN3)c(S(=O)[O-])cc2C1. The van der Waals surface area contributed by atoms with Crippen LogP contribution >= 0.6 is 0 Å². The molecule has 31 heavy (non-hydrogen) atoms. The molecule has 5 rings (SSSR count). The Labute approximate surface area is 186 Å². The number of rotatable bonds is 5. The van der Waals surface area contributed by atoms with Crippen LogP contribution in [0.3, 0.4) is 0 Å². The zero-order chi connectivity index (χ0) is 21.4. The van der Waals surface area contributed by atoms with E-state index >= 15 is 0 Å². The summed E-state index contributed by atoms with van der Waals surface area (Å²) in [6.07, 6.45) is 6.98. The topological polar surface area (TPSA) is 72.5 Å². The van der Waals surface area contributed by atoms with Crippen molar-refractivity contribution >= 4 is 17.0 Å². The molecule has 2 aromatic rings. The van der Waals surface area contributed by atoms with Crippen LogP contribution in [0.1, 0.15) is 47.9 Å². The Kier molecular flexibility index (Phi) is 5.71. The number of carbonyl (C=O) groups is 1. The molecule has 2 aromatic carbocycles. The summed E-state index contributed by atoms with van der Waals surface area (Å²) in [4.78, 5) is 15.0. The first-order chi connectivity index (χ1) is 15.0. The summed E-state index contributed by atoms with van der Waals surface area (Å²) in [5.74, 6) is 0.0895. The quantitative estimate of drug-likeness (QED) is 0.730. The van der Waals surface area contributed by atoms with Gasteiger partial charge in [0.2, 0.25) is 5.91 Å². The summed E-state index contributed by atoms with van der Waals surface area (Å²) in [6.45, 7) is 2.23. The van der Waals surface area contributed by atoms with E-state index in [1.807, 2.05) is 41.3 Å². The van der Waals surface area contributed by atoms with Gasteiger partial charge in [0.15, 0.2) is 0 Å². The van der Waals surface area contributed by atoms with Crippen molar-refractivity contribution in [2.75, 3.05) is 13.1 Å². The second-order valence-corrected chi connectivity index (χ2v) is 10.4. The van der Waals surface area contributed by atoms with Crippen molar-refractivity contribution in [1.29, 1.82) is 0 Å². The fourth-order valence-electron chi connectivity index (χ4n) is 5.54. The van der Waals surface area contributed by atoms with Gasteiger partial charge in [-0.15, -0.1) is 0 Å². The molecule has 1 saturated heterocycles. The molecule has 3 aliphatic rings. The lowest BCUT2D eigenvalue weighted by Gasteiger charge is -2.37. The Morgan fingerprint density at radius 2 is 2.00 bits per heavy atom. The predicted octanol–water partition coefficient (Wildman–Crippen LogP) is 3.13. The smallest absolute Gasteiger partial charge is 0.227 e. The third kappa shape index (κ3) is 4.34. The average molecular weight is 438 g/mol. The highest BCUT2D eigenvalue weighted by atomic mass is 32.2. The van der Waals surface area contributed by atoms with Gasteiger partial charge in [0.1, 0.15) is 0 Å². The Bertz CT molecular complexity index is 1000. The number of nitrogens with zero attached hydrogens (tertiary/aromatic N) is 1. The first-order valence-electron chi connectivity index (χ1n) is 11.3. The van der Waals surface area contributed by atoms with Crippen molar-refractivity contribution in [1.82, 2.24) is 10.2 Å². The maximum atomic E-state index is 12.8. The molecule has 2 aliphatic heterocycles. The van der Waals surface area contributed by atoms with Crippen LogP contribution in [0.15, 0.2) is 47.4 Å². The first kappa shape index (κ1) is 20.9. The van der Waals surface area contributed by atoms with E-state index in [4.69, 9.17) is 0 Å². The maximum Gasteiger partial charge on any atom is 0.227 e. The first-order valence-corrected chi connectivity index (χ1v) is 12.4. The predicted molar refractivity (Wildman–Crippen MR) is 119 cm³/mol. The van der Waals surface area contributed by atoms with E-state index in [-0.39, 0.29) is 5.91 Å². The fraction of sp³-hybridized carbons (Fsp3) is 0.480. The van der Waals surface area contributed by atoms with E-state index in [1.54, 1.807) is 0 Å². The molecule has 0 aromatic heterocycles. The molecule has 1 spiro atoms. The number of nitrogens with one attached hydrogen (secondary N) is 1. The van der Waals surface area contributed by atoms with Crippen molar-refractivity contribution in [3.05, 3.63) is 64.7 Å². The summed E-state index contributed by atoms with van der Waals surface area (Å²) >= 11 is -2.28. The second-order valence-electron chi connectivity index (χ2n) is 9.53. The molecule has 5 nitrogen and oxygen atoms in total. The summed E-state index contributed by atoms with van der Waals surface area (Å²) in [7, 11) is 0. The van der Waals surface area contributed by atoms with Crippen LogP contribution in [-0.4, -0.2) is 38.7 Å². The van der Waals surface area contributed by atoms with Gasteiger partial charge in [-0.1, -0.05) is 42.8 Å². The third-order valence-electron chi connectivity index (χ3n) is 7.45. The molecule has 1 N–H and O–H groups in total. The normalized spacial score (nSPS) is 22.7. The second kappa shape index (κ2) is 8.49. The fourth-order valence-corrected chi connectivity index (χ4v) is 6.14. The lowest BCUT2D eigenvalue weighted by molar-refractivity contribution is -0.131. The number of hydrogen-bond acceptors (Lipinski definition) is 4. The Morgan fingerprint density at radius 1 is 1.19 bits per heavy atom. The van der Waals surface area contributed by atoms with Crippen LogP contribution in [0.25, 0.3) is 0 Å². The highest BCUT2D eigenvalue weighted by molar-refractivity contribution is 7.79. The number of fused-ring (bicyclic) bond motifs is 1. The molecule has 1 amide bonds. The van der Waals surface area contributed by atoms with E-state index in [0.29, 0.717) is 35.9 Å². The van der Waals surface area contributed by atoms with Crippen molar-refractivity contribution in [3.8, 4) is 0 Å². The largest absolute Gasteiger partial charge is 0.768 e. The van der Waals surface area contributed by atoms with Crippen molar-refractivity contribution in [2.24, 2.45) is 5.41 Å². The van der Waals surface area contributed by atoms with Gasteiger partial charge in [0, 0.05) is 30.6 Å². The minimum Gasteiger partial charge on any atom is -0.768 e. The highest BCUT2D eigenvalue weighted by Crippen LogP contribution is 2.47. The minimum atomic E-state index is -2.28. The monoisotopic (exact) mass is 437 g/mol. The molecular weight excluding hydrogens is 408 g/mol. The Hall–Kier alpha value is -2.02. The van der Waals surface area contributed by atoms with E-state index in [0.717, 1.165) is 42.5 Å². The molecule has 2 heterocycles. The van der Waals surface area contributed by atoms with Crippen molar-refractivity contribution < 1.29 is 13.6 Å². The van der Waals surface area contributed by atoms with Gasteiger partial charge in [0.25, 0.3) is 0 Å². The molecule has 1 saturated carbocycles. The summed E-state index contributed by atoms with van der Waals surface area (Å²) in [5.41, 5.74) is 4.54. The van der Waals surface area contributed by atoms with Crippen LogP contribution in [0.2, 0.25) is 0 Å². The highest BCUT2D eigenvalue weighted by Gasteiger charge is 2.43. The third-order valence-corrected chi connectivity index (χ3v) is 8.19. The molecule has 0 bridgehead atoms. The van der Waals surface area contributed by atoms with Crippen LogP contribution in [-0.2, 0) is 41.7 Å². The molecular formula is C25H29N2O3S-. The van der Waals surface area contributed by atoms with E-state index < -0.39 is 11.1 Å². The van der Waals surface area contributed by atoms with Crippen molar-refractivity contribution in [2.45, 2.75) is 62.4 Å². The van der Waals surface area contributed by atoms with Gasteiger partial charge in [-0.2, -0.15) is 0 Å². The van der Waals surface area contributed by atoms with Crippen LogP contribution < -0.4 is 5.32 Å². The van der Waals surface area contributed by atoms with Gasteiger partial charge in [0.05, 0.1) is 6.42 Å². The Balaban J connectivity index is 1.31. The maximum absolute atomic E-state index is 12.8. The van der Waals surface area contributed by atoms with Crippen LogP contribution in [0.4, 0.5) is 0 Å². The van der Waals surface area contributed by atoms with E-state index in [1.165, 1.54) is 24.8 Å². The average Bonchev–Trinajstić information content (AvgIpc) is 3.18. The summed E-state index contributed by atoms with van der Waals surface area (Å²) < 4.78 is 24.1. The van der Waals surface area contributed by atoms with Crippen LogP contribution in [0.5, 0.6) is 0 Å². The van der Waals surface area contributed by atoms with Crippen LogP contribution in [0, 0.1) is 5.41 Å². The number of benzene rings is 2. The van der Waals surface area contributed by atoms with Gasteiger partial charge in [-0.3, -0.25) is 9.00 Å². The summed E-state index contributed by atoms with van der Waals surface area (Å²) in [5, 5.41) is 3.64. The van der Waals surface area contributed by atoms with Gasteiger partial charge < -0.3 is 14.8 Å². The number of amides is 1. The number of carbonyl (C=O) groups excluding carboxylic acids is 1. The van der Waals surface area contributed by atoms with E-state index in [2.05, 4.69) is 11.4 Å². The number of hydrogen-bond donors (Lipinski definition) is 1. The zero-order valence-electron chi connectivity index (χ0n) is 17.8. The molecule has 2 unspecified atom stereocenters.